The fourth-order valence-corrected chi connectivity index (χ4v) is 5.61. The van der Waals surface area contributed by atoms with Crippen LogP contribution >= 0.6 is 0 Å². The van der Waals surface area contributed by atoms with Crippen LogP contribution in [-0.2, 0) is 26.2 Å². The highest BCUT2D eigenvalue weighted by Gasteiger charge is 2.30. The maximum Gasteiger partial charge on any atom is 0.416 e. The first-order chi connectivity index (χ1) is 18.3. The Balaban J connectivity index is 1.49. The molecule has 0 bridgehead atoms. The zero-order valence-corrected chi connectivity index (χ0v) is 21.4. The minimum absolute atomic E-state index is 0.00996. The van der Waals surface area contributed by atoms with Gasteiger partial charge in [0.1, 0.15) is 0 Å². The summed E-state index contributed by atoms with van der Waals surface area (Å²) < 4.78 is 94.0. The largest absolute Gasteiger partial charge is 0.416 e. The smallest absolute Gasteiger partial charge is 0.322 e. The Hall–Kier alpha value is -4.36. The summed E-state index contributed by atoms with van der Waals surface area (Å²) in [5.74, 6) is -0.668. The van der Waals surface area contributed by atoms with Crippen LogP contribution in [-0.4, -0.2) is 22.7 Å². The molecule has 4 rings (SSSR count). The summed E-state index contributed by atoms with van der Waals surface area (Å²) in [6.45, 7) is 0. The number of hydrogen-bond donors (Lipinski definition) is 3. The third-order valence-corrected chi connectivity index (χ3v) is 8.11. The maximum atomic E-state index is 12.9. The average molecular weight is 576 g/mol. The summed E-state index contributed by atoms with van der Waals surface area (Å²) in [5.41, 5.74) is -1.04. The molecule has 4 aromatic rings. The molecule has 0 atom stereocenters. The van der Waals surface area contributed by atoms with Crippen molar-refractivity contribution in [3.63, 3.8) is 0 Å². The van der Waals surface area contributed by atoms with E-state index in [1.54, 1.807) is 30.3 Å². The van der Waals surface area contributed by atoms with Gasteiger partial charge in [-0.1, -0.05) is 36.4 Å². The molecular formula is C26H20F3N3O5S2. The van der Waals surface area contributed by atoms with E-state index >= 15 is 0 Å². The van der Waals surface area contributed by atoms with Crippen molar-refractivity contribution in [2.75, 3.05) is 14.8 Å². The zero-order chi connectivity index (χ0) is 28.3. The van der Waals surface area contributed by atoms with Crippen LogP contribution in [0.15, 0.2) is 113 Å². The average Bonchev–Trinajstić information content (AvgIpc) is 2.89. The summed E-state index contributed by atoms with van der Waals surface area (Å²) in [6, 6.07) is 22.2. The number of hydrogen-bond acceptors (Lipinski definition) is 5. The Morgan fingerprint density at radius 2 is 1.21 bits per heavy atom. The number of sulfonamides is 2. The van der Waals surface area contributed by atoms with Crippen LogP contribution in [0, 0.1) is 0 Å². The zero-order valence-electron chi connectivity index (χ0n) is 19.8. The van der Waals surface area contributed by atoms with Gasteiger partial charge in [-0.25, -0.2) is 16.8 Å². The summed E-state index contributed by atoms with van der Waals surface area (Å²) >= 11 is 0. The van der Waals surface area contributed by atoms with E-state index < -0.39 is 37.7 Å². The standard InChI is InChI=1S/C26H20F3N3O5S2/c27-26(28,29)18-7-6-8-20(17-18)31-38(34,35)22-15-13-19(14-16-22)30-25(33)23-11-4-5-12-24(23)32-39(36,37)21-9-2-1-3-10-21/h1-17,31-32H,(H,30,33). The second-order valence-electron chi connectivity index (χ2n) is 8.13. The molecule has 0 aliphatic heterocycles. The highest BCUT2D eigenvalue weighted by atomic mass is 32.2. The van der Waals surface area contributed by atoms with E-state index in [-0.39, 0.29) is 32.4 Å². The van der Waals surface area contributed by atoms with Crippen LogP contribution in [0.4, 0.5) is 30.2 Å². The number of para-hydroxylation sites is 1. The number of amides is 1. The monoisotopic (exact) mass is 575 g/mol. The van der Waals surface area contributed by atoms with Crippen molar-refractivity contribution >= 4 is 43.0 Å². The van der Waals surface area contributed by atoms with Gasteiger partial charge in [-0.2, -0.15) is 13.2 Å². The summed E-state index contributed by atoms with van der Waals surface area (Å²) in [7, 11) is -8.20. The van der Waals surface area contributed by atoms with E-state index in [9.17, 15) is 34.8 Å². The SMILES string of the molecule is O=C(Nc1ccc(S(=O)(=O)Nc2cccc(C(F)(F)F)c2)cc1)c1ccccc1NS(=O)(=O)c1ccccc1. The number of benzene rings is 4. The summed E-state index contributed by atoms with van der Waals surface area (Å²) in [5, 5.41) is 2.56. The molecule has 0 aromatic heterocycles. The number of anilines is 3. The van der Waals surface area contributed by atoms with Gasteiger partial charge >= 0.3 is 6.18 Å². The number of nitrogens with one attached hydrogen (secondary N) is 3. The minimum Gasteiger partial charge on any atom is -0.322 e. The summed E-state index contributed by atoms with van der Waals surface area (Å²) in [4.78, 5) is 12.7. The third-order valence-electron chi connectivity index (χ3n) is 5.33. The Labute approximate surface area is 222 Å². The highest BCUT2D eigenvalue weighted by Crippen LogP contribution is 2.31. The van der Waals surface area contributed by atoms with Crippen LogP contribution in [0.1, 0.15) is 15.9 Å². The van der Waals surface area contributed by atoms with Crippen molar-refractivity contribution in [2.24, 2.45) is 0 Å². The molecule has 0 aliphatic carbocycles. The minimum atomic E-state index is -4.64. The van der Waals surface area contributed by atoms with Crippen molar-refractivity contribution in [3.05, 3.63) is 114 Å². The van der Waals surface area contributed by atoms with Crippen LogP contribution in [0.5, 0.6) is 0 Å². The van der Waals surface area contributed by atoms with Crippen molar-refractivity contribution in [1.29, 1.82) is 0 Å². The third kappa shape index (κ3) is 6.75. The second-order valence-corrected chi connectivity index (χ2v) is 11.5. The normalized spacial score (nSPS) is 12.0. The van der Waals surface area contributed by atoms with E-state index in [4.69, 9.17) is 0 Å². The molecule has 0 fully saturated rings. The lowest BCUT2D eigenvalue weighted by molar-refractivity contribution is -0.137. The lowest BCUT2D eigenvalue weighted by Crippen LogP contribution is -2.18. The van der Waals surface area contributed by atoms with Gasteiger partial charge in [-0.05, 0) is 66.7 Å². The lowest BCUT2D eigenvalue weighted by atomic mass is 10.1. The van der Waals surface area contributed by atoms with E-state index in [0.29, 0.717) is 6.07 Å². The van der Waals surface area contributed by atoms with Crippen LogP contribution in [0.25, 0.3) is 0 Å². The van der Waals surface area contributed by atoms with Gasteiger partial charge in [-0.3, -0.25) is 14.2 Å². The van der Waals surface area contributed by atoms with E-state index in [2.05, 4.69) is 14.8 Å². The molecule has 0 spiro atoms. The van der Waals surface area contributed by atoms with Crippen molar-refractivity contribution in [3.8, 4) is 0 Å². The second kappa shape index (κ2) is 10.8. The molecule has 1 amide bonds. The molecule has 0 radical (unpaired) electrons. The predicted molar refractivity (Wildman–Crippen MR) is 140 cm³/mol. The van der Waals surface area contributed by atoms with Crippen LogP contribution in [0.2, 0.25) is 0 Å². The quantitative estimate of drug-likeness (QED) is 0.254. The number of carbonyl (C=O) groups is 1. The van der Waals surface area contributed by atoms with Crippen molar-refractivity contribution < 1.29 is 34.8 Å². The van der Waals surface area contributed by atoms with Gasteiger partial charge in [0, 0.05) is 11.4 Å². The topological polar surface area (TPSA) is 121 Å². The number of carbonyl (C=O) groups excluding carboxylic acids is 1. The van der Waals surface area contributed by atoms with E-state index in [1.165, 1.54) is 42.5 Å². The fourth-order valence-electron chi connectivity index (χ4n) is 3.46. The molecule has 0 heterocycles. The Morgan fingerprint density at radius 1 is 0.615 bits per heavy atom. The first-order valence-corrected chi connectivity index (χ1v) is 14.1. The molecule has 13 heteroatoms. The molecule has 3 N–H and O–H groups in total. The molecule has 8 nitrogen and oxygen atoms in total. The Kier molecular flexibility index (Phi) is 7.65. The summed E-state index contributed by atoms with van der Waals surface area (Å²) in [6.07, 6.45) is -4.64. The van der Waals surface area contributed by atoms with Gasteiger partial charge in [0.2, 0.25) is 0 Å². The van der Waals surface area contributed by atoms with Crippen LogP contribution in [0.3, 0.4) is 0 Å². The molecule has 202 valence electrons. The Morgan fingerprint density at radius 3 is 1.87 bits per heavy atom. The fraction of sp³-hybridized carbons (Fsp3) is 0.0385. The maximum absolute atomic E-state index is 12.9. The molecule has 0 aliphatic rings. The van der Waals surface area contributed by atoms with E-state index in [0.717, 1.165) is 24.3 Å². The number of alkyl halides is 3. The number of rotatable bonds is 8. The van der Waals surface area contributed by atoms with Gasteiger partial charge in [0.15, 0.2) is 0 Å². The molecule has 0 unspecified atom stereocenters. The first-order valence-electron chi connectivity index (χ1n) is 11.1. The molecule has 39 heavy (non-hydrogen) atoms. The van der Waals surface area contributed by atoms with Crippen LogP contribution < -0.4 is 14.8 Å². The lowest BCUT2D eigenvalue weighted by Gasteiger charge is -2.13. The predicted octanol–water partition coefficient (Wildman–Crippen LogP) is 5.56. The Bertz CT molecular complexity index is 1710. The van der Waals surface area contributed by atoms with Crippen molar-refractivity contribution in [2.45, 2.75) is 16.0 Å². The van der Waals surface area contributed by atoms with Gasteiger partial charge in [-0.15, -0.1) is 0 Å². The first kappa shape index (κ1) is 27.7. The van der Waals surface area contributed by atoms with Gasteiger partial charge in [0.05, 0.1) is 26.6 Å². The van der Waals surface area contributed by atoms with E-state index in [1.807, 2.05) is 0 Å². The van der Waals surface area contributed by atoms with Gasteiger partial charge < -0.3 is 5.32 Å². The molecule has 0 saturated carbocycles. The van der Waals surface area contributed by atoms with Crippen molar-refractivity contribution in [1.82, 2.24) is 0 Å². The highest BCUT2D eigenvalue weighted by molar-refractivity contribution is 7.93. The molecule has 0 saturated heterocycles. The van der Waals surface area contributed by atoms with Gasteiger partial charge in [0.25, 0.3) is 26.0 Å². The number of halogens is 3. The molecule has 4 aromatic carbocycles. The molecular weight excluding hydrogens is 555 g/mol.